The van der Waals surface area contributed by atoms with E-state index in [2.05, 4.69) is 23.8 Å². The molecule has 1 aromatic rings. The summed E-state index contributed by atoms with van der Waals surface area (Å²) in [5, 5.41) is 4.51. The Labute approximate surface area is 109 Å². The van der Waals surface area contributed by atoms with Gasteiger partial charge in [-0.2, -0.15) is 5.10 Å². The fraction of sp³-hybridized carbons (Fsp3) is 0.769. The van der Waals surface area contributed by atoms with E-state index in [0.29, 0.717) is 0 Å². The van der Waals surface area contributed by atoms with Gasteiger partial charge in [0.05, 0.1) is 18.3 Å². The summed E-state index contributed by atoms with van der Waals surface area (Å²) in [5.74, 6) is 0. The van der Waals surface area contributed by atoms with Crippen molar-refractivity contribution < 1.29 is 4.74 Å². The van der Waals surface area contributed by atoms with Gasteiger partial charge in [-0.3, -0.25) is 9.58 Å². The Balaban J connectivity index is 2.28. The largest absolute Gasteiger partial charge is 0.383 e. The number of rotatable bonds is 4. The van der Waals surface area contributed by atoms with E-state index < -0.39 is 0 Å². The van der Waals surface area contributed by atoms with E-state index in [1.54, 1.807) is 7.11 Å². The Morgan fingerprint density at radius 1 is 1.44 bits per heavy atom. The maximum absolute atomic E-state index is 6.30. The molecular formula is C13H24N4O. The third kappa shape index (κ3) is 2.30. The number of nitrogens with two attached hydrogens (primary N) is 1. The van der Waals surface area contributed by atoms with Crippen LogP contribution in [0.25, 0.3) is 0 Å². The first-order valence-electron chi connectivity index (χ1n) is 6.55. The topological polar surface area (TPSA) is 56.3 Å². The zero-order valence-corrected chi connectivity index (χ0v) is 11.8. The Bertz CT molecular complexity index is 415. The highest BCUT2D eigenvalue weighted by atomic mass is 16.5. The van der Waals surface area contributed by atoms with Crippen LogP contribution in [-0.4, -0.2) is 47.5 Å². The van der Waals surface area contributed by atoms with Crippen LogP contribution >= 0.6 is 0 Å². The molecule has 0 aliphatic carbocycles. The van der Waals surface area contributed by atoms with Gasteiger partial charge in [-0.25, -0.2) is 0 Å². The van der Waals surface area contributed by atoms with Gasteiger partial charge >= 0.3 is 0 Å². The normalized spacial score (nSPS) is 24.9. The number of likely N-dealkylation sites (tertiary alicyclic amines) is 1. The molecule has 2 rings (SSSR count). The number of nitrogens with zero attached hydrogens (tertiary/aromatic N) is 3. The molecule has 5 nitrogen and oxygen atoms in total. The zero-order chi connectivity index (χ0) is 13.3. The third-order valence-corrected chi connectivity index (χ3v) is 3.99. The quantitative estimate of drug-likeness (QED) is 0.859. The molecule has 0 saturated carbocycles. The average Bonchev–Trinajstić information content (AvgIpc) is 2.79. The maximum atomic E-state index is 6.30. The summed E-state index contributed by atoms with van der Waals surface area (Å²) in [7, 11) is 3.73. The van der Waals surface area contributed by atoms with Gasteiger partial charge in [0.1, 0.15) is 0 Å². The fourth-order valence-corrected chi connectivity index (χ4v) is 2.96. The summed E-state index contributed by atoms with van der Waals surface area (Å²) in [6, 6.07) is 0.484. The Kier molecular flexibility index (Phi) is 4.04. The molecule has 5 heteroatoms. The molecule has 1 aliphatic heterocycles. The molecule has 0 aromatic carbocycles. The van der Waals surface area contributed by atoms with E-state index in [4.69, 9.17) is 10.5 Å². The van der Waals surface area contributed by atoms with Crippen molar-refractivity contribution in [3.63, 3.8) is 0 Å². The maximum Gasteiger partial charge on any atom is 0.0644 e. The molecule has 1 saturated heterocycles. The molecule has 18 heavy (non-hydrogen) atoms. The summed E-state index contributed by atoms with van der Waals surface area (Å²) >= 11 is 0. The highest BCUT2D eigenvalue weighted by Crippen LogP contribution is 2.34. The second-order valence-corrected chi connectivity index (χ2v) is 5.13. The lowest BCUT2D eigenvalue weighted by Gasteiger charge is -2.27. The van der Waals surface area contributed by atoms with Gasteiger partial charge < -0.3 is 10.5 Å². The van der Waals surface area contributed by atoms with Crippen molar-refractivity contribution in [1.82, 2.24) is 14.7 Å². The first-order valence-corrected chi connectivity index (χ1v) is 6.55. The van der Waals surface area contributed by atoms with Crippen molar-refractivity contribution in [2.45, 2.75) is 32.4 Å². The van der Waals surface area contributed by atoms with Crippen LogP contribution in [-0.2, 0) is 11.8 Å². The molecule has 1 aliphatic rings. The number of ether oxygens (including phenoxy) is 1. The first kappa shape index (κ1) is 13.5. The number of aromatic nitrogens is 2. The molecule has 0 bridgehead atoms. The molecule has 1 aromatic heterocycles. The molecular weight excluding hydrogens is 228 g/mol. The highest BCUT2D eigenvalue weighted by Gasteiger charge is 2.35. The lowest BCUT2D eigenvalue weighted by atomic mass is 9.99. The van der Waals surface area contributed by atoms with Crippen LogP contribution in [0.4, 0.5) is 0 Å². The molecule has 2 heterocycles. The smallest absolute Gasteiger partial charge is 0.0644 e. The van der Waals surface area contributed by atoms with Gasteiger partial charge in [0.2, 0.25) is 0 Å². The van der Waals surface area contributed by atoms with Crippen molar-refractivity contribution in [3.05, 3.63) is 17.0 Å². The predicted molar refractivity (Wildman–Crippen MR) is 71.5 cm³/mol. The SMILES string of the molecule is COCCN1CCC(N)C1c1c(C)nn(C)c1C. The van der Waals surface area contributed by atoms with Crippen molar-refractivity contribution in [1.29, 1.82) is 0 Å². The lowest BCUT2D eigenvalue weighted by molar-refractivity contribution is 0.138. The van der Waals surface area contributed by atoms with Gasteiger partial charge in [-0.1, -0.05) is 0 Å². The summed E-state index contributed by atoms with van der Waals surface area (Å²) < 4.78 is 7.13. The number of aryl methyl sites for hydroxylation is 2. The van der Waals surface area contributed by atoms with Gasteiger partial charge in [0.15, 0.2) is 0 Å². The van der Waals surface area contributed by atoms with Crippen LogP contribution in [0, 0.1) is 13.8 Å². The van der Waals surface area contributed by atoms with Crippen LogP contribution in [0.2, 0.25) is 0 Å². The van der Waals surface area contributed by atoms with Crippen LogP contribution in [0.15, 0.2) is 0 Å². The van der Waals surface area contributed by atoms with E-state index in [1.165, 1.54) is 11.3 Å². The molecule has 0 radical (unpaired) electrons. The monoisotopic (exact) mass is 252 g/mol. The van der Waals surface area contributed by atoms with Crippen molar-refractivity contribution in [3.8, 4) is 0 Å². The number of hydrogen-bond acceptors (Lipinski definition) is 4. The predicted octanol–water partition coefficient (Wildman–Crippen LogP) is 0.757. The molecule has 2 unspecified atom stereocenters. The van der Waals surface area contributed by atoms with Crippen LogP contribution in [0.5, 0.6) is 0 Å². The van der Waals surface area contributed by atoms with E-state index in [9.17, 15) is 0 Å². The molecule has 0 spiro atoms. The van der Waals surface area contributed by atoms with Gasteiger partial charge in [0, 0.05) is 44.5 Å². The van der Waals surface area contributed by atoms with Crippen LogP contribution in [0.3, 0.4) is 0 Å². The van der Waals surface area contributed by atoms with Gasteiger partial charge in [-0.05, 0) is 20.3 Å². The molecule has 2 N–H and O–H groups in total. The van der Waals surface area contributed by atoms with E-state index >= 15 is 0 Å². The van der Waals surface area contributed by atoms with Crippen molar-refractivity contribution >= 4 is 0 Å². The minimum atomic E-state index is 0.198. The third-order valence-electron chi connectivity index (χ3n) is 3.99. The molecule has 2 atom stereocenters. The number of methoxy groups -OCH3 is 1. The Morgan fingerprint density at radius 3 is 2.72 bits per heavy atom. The first-order chi connectivity index (χ1) is 8.56. The molecule has 102 valence electrons. The molecule has 0 amide bonds. The van der Waals surface area contributed by atoms with Crippen molar-refractivity contribution in [2.24, 2.45) is 12.8 Å². The summed E-state index contributed by atoms with van der Waals surface area (Å²) in [5.41, 5.74) is 9.92. The minimum absolute atomic E-state index is 0.198. The summed E-state index contributed by atoms with van der Waals surface area (Å²) in [4.78, 5) is 2.42. The second-order valence-electron chi connectivity index (χ2n) is 5.13. The van der Waals surface area contributed by atoms with Crippen LogP contribution < -0.4 is 5.73 Å². The zero-order valence-electron chi connectivity index (χ0n) is 11.8. The van der Waals surface area contributed by atoms with Gasteiger partial charge in [-0.15, -0.1) is 0 Å². The van der Waals surface area contributed by atoms with Crippen LogP contribution in [0.1, 0.15) is 29.4 Å². The van der Waals surface area contributed by atoms with E-state index in [0.717, 1.165) is 31.8 Å². The summed E-state index contributed by atoms with van der Waals surface area (Å²) in [6.45, 7) is 6.92. The van der Waals surface area contributed by atoms with E-state index in [-0.39, 0.29) is 12.1 Å². The highest BCUT2D eigenvalue weighted by molar-refractivity contribution is 5.30. The van der Waals surface area contributed by atoms with Gasteiger partial charge in [0.25, 0.3) is 0 Å². The number of hydrogen-bond donors (Lipinski definition) is 1. The average molecular weight is 252 g/mol. The fourth-order valence-electron chi connectivity index (χ4n) is 2.96. The Hall–Kier alpha value is -0.910. The Morgan fingerprint density at radius 2 is 2.17 bits per heavy atom. The van der Waals surface area contributed by atoms with E-state index in [1.807, 2.05) is 11.7 Å². The second kappa shape index (κ2) is 5.38. The van der Waals surface area contributed by atoms with Crippen molar-refractivity contribution in [2.75, 3.05) is 26.8 Å². The standard InChI is InChI=1S/C13H24N4O/c1-9-12(10(2)16(3)15-9)13-11(14)5-6-17(13)7-8-18-4/h11,13H,5-8,14H2,1-4H3. The minimum Gasteiger partial charge on any atom is -0.383 e. The molecule has 1 fully saturated rings. The summed E-state index contributed by atoms with van der Waals surface area (Å²) in [6.07, 6.45) is 1.04. The lowest BCUT2D eigenvalue weighted by Crippen LogP contribution is -2.34.